The van der Waals surface area contributed by atoms with Crippen molar-refractivity contribution in [1.82, 2.24) is 0 Å². The molecule has 1 aromatic carbocycles. The topological polar surface area (TPSA) is 43.4 Å². The molecule has 0 heterocycles. The zero-order chi connectivity index (χ0) is 11.6. The van der Waals surface area contributed by atoms with Crippen molar-refractivity contribution in [3.05, 3.63) is 29.3 Å². The third-order valence-corrected chi connectivity index (χ3v) is 2.29. The Bertz CT molecular complexity index is 470. The first-order chi connectivity index (χ1) is 6.83. The Morgan fingerprint density at radius 2 is 1.93 bits per heavy atom. The molecule has 0 atom stereocenters. The van der Waals surface area contributed by atoms with Gasteiger partial charge in [-0.3, -0.25) is 0 Å². The summed E-state index contributed by atoms with van der Waals surface area (Å²) in [6, 6.07) is 1.24. The fourth-order valence-electron chi connectivity index (χ4n) is 1.07. The van der Waals surface area contributed by atoms with Gasteiger partial charge in [0.2, 0.25) is 0 Å². The van der Waals surface area contributed by atoms with Gasteiger partial charge < -0.3 is 4.74 Å². The average molecular weight is 240 g/mol. The standard InChI is InChI=1S/C8H7F3O3S/c1-14-8-3-5(9)2-7(10)6(8)4-15(11,12)13/h2-3H,4H2,1H3. The first kappa shape index (κ1) is 11.8. The largest absolute Gasteiger partial charge is 0.496 e. The summed E-state index contributed by atoms with van der Waals surface area (Å²) in [5, 5.41) is 0. The molecule has 0 fully saturated rings. The van der Waals surface area contributed by atoms with Gasteiger partial charge in [-0.2, -0.15) is 8.42 Å². The molecule has 1 rings (SSSR count). The number of ether oxygens (including phenoxy) is 1. The first-order valence-electron chi connectivity index (χ1n) is 3.77. The maximum Gasteiger partial charge on any atom is 0.306 e. The molecule has 0 aliphatic rings. The molecule has 7 heteroatoms. The van der Waals surface area contributed by atoms with Crippen molar-refractivity contribution < 1.29 is 25.8 Å². The van der Waals surface area contributed by atoms with Crippen LogP contribution in [0.25, 0.3) is 0 Å². The Labute approximate surface area is 84.7 Å². The monoisotopic (exact) mass is 240 g/mol. The third-order valence-electron chi connectivity index (χ3n) is 1.66. The molecule has 0 amide bonds. The van der Waals surface area contributed by atoms with E-state index in [2.05, 4.69) is 4.74 Å². The lowest BCUT2D eigenvalue weighted by Gasteiger charge is -2.07. The second-order valence-corrected chi connectivity index (χ2v) is 4.12. The molecule has 84 valence electrons. The second kappa shape index (κ2) is 4.09. The Hall–Kier alpha value is -1.24. The van der Waals surface area contributed by atoms with E-state index >= 15 is 0 Å². The van der Waals surface area contributed by atoms with Crippen molar-refractivity contribution in [2.24, 2.45) is 0 Å². The predicted molar refractivity (Wildman–Crippen MR) is 46.6 cm³/mol. The summed E-state index contributed by atoms with van der Waals surface area (Å²) in [6.07, 6.45) is 0. The minimum absolute atomic E-state index is 0.339. The predicted octanol–water partition coefficient (Wildman–Crippen LogP) is 1.77. The van der Waals surface area contributed by atoms with Gasteiger partial charge in [-0.15, -0.1) is 3.89 Å². The van der Waals surface area contributed by atoms with Gasteiger partial charge in [0, 0.05) is 17.7 Å². The van der Waals surface area contributed by atoms with Crippen LogP contribution in [0.15, 0.2) is 12.1 Å². The Balaban J connectivity index is 3.27. The van der Waals surface area contributed by atoms with Crippen LogP contribution in [0.2, 0.25) is 0 Å². The number of halogens is 3. The zero-order valence-electron chi connectivity index (χ0n) is 7.63. The minimum atomic E-state index is -4.89. The highest BCUT2D eigenvalue weighted by Crippen LogP contribution is 2.25. The maximum atomic E-state index is 13.1. The Morgan fingerprint density at radius 3 is 2.40 bits per heavy atom. The van der Waals surface area contributed by atoms with Gasteiger partial charge in [0.1, 0.15) is 23.1 Å². The van der Waals surface area contributed by atoms with Crippen LogP contribution in [-0.2, 0) is 16.0 Å². The van der Waals surface area contributed by atoms with Crippen LogP contribution in [0.4, 0.5) is 12.7 Å². The molecule has 0 radical (unpaired) electrons. The van der Waals surface area contributed by atoms with Gasteiger partial charge in [0.15, 0.2) is 0 Å². The molecule has 1 aromatic rings. The lowest BCUT2D eigenvalue weighted by molar-refractivity contribution is 0.401. The van der Waals surface area contributed by atoms with E-state index in [0.717, 1.165) is 13.2 Å². The summed E-state index contributed by atoms with van der Waals surface area (Å²) >= 11 is 0. The fraction of sp³-hybridized carbons (Fsp3) is 0.250. The molecule has 0 aliphatic carbocycles. The van der Waals surface area contributed by atoms with Crippen LogP contribution in [0.5, 0.6) is 5.75 Å². The summed E-state index contributed by atoms with van der Waals surface area (Å²) in [7, 11) is -3.79. The molecule has 0 bridgehead atoms. The maximum absolute atomic E-state index is 13.1. The summed E-state index contributed by atoms with van der Waals surface area (Å²) in [4.78, 5) is 0. The van der Waals surface area contributed by atoms with E-state index in [0.29, 0.717) is 6.07 Å². The van der Waals surface area contributed by atoms with E-state index in [9.17, 15) is 21.1 Å². The quantitative estimate of drug-likeness (QED) is 0.756. The van der Waals surface area contributed by atoms with Gasteiger partial charge in [0.05, 0.1) is 7.11 Å². The van der Waals surface area contributed by atoms with Crippen LogP contribution < -0.4 is 4.74 Å². The van der Waals surface area contributed by atoms with E-state index in [1.807, 2.05) is 0 Å². The average Bonchev–Trinajstić information content (AvgIpc) is 2.07. The smallest absolute Gasteiger partial charge is 0.306 e. The van der Waals surface area contributed by atoms with Gasteiger partial charge >= 0.3 is 10.2 Å². The van der Waals surface area contributed by atoms with E-state index < -0.39 is 33.2 Å². The summed E-state index contributed by atoms with van der Waals surface area (Å²) in [5.74, 6) is -3.60. The SMILES string of the molecule is COc1cc(F)cc(F)c1CS(=O)(=O)F. The highest BCUT2D eigenvalue weighted by molar-refractivity contribution is 7.85. The summed E-state index contributed by atoms with van der Waals surface area (Å²) in [5.41, 5.74) is -0.526. The molecule has 0 aliphatic heterocycles. The van der Waals surface area contributed by atoms with Crippen LogP contribution in [-0.4, -0.2) is 15.5 Å². The number of benzene rings is 1. The van der Waals surface area contributed by atoms with E-state index in [4.69, 9.17) is 0 Å². The molecule has 0 saturated carbocycles. The first-order valence-corrected chi connectivity index (χ1v) is 5.33. The van der Waals surface area contributed by atoms with E-state index in [-0.39, 0.29) is 5.75 Å². The molecule has 0 unspecified atom stereocenters. The normalized spacial score (nSPS) is 11.5. The molecule has 15 heavy (non-hydrogen) atoms. The van der Waals surface area contributed by atoms with Gasteiger partial charge in [0.25, 0.3) is 0 Å². The van der Waals surface area contributed by atoms with Crippen molar-refractivity contribution in [1.29, 1.82) is 0 Å². The highest BCUT2D eigenvalue weighted by atomic mass is 32.3. The Morgan fingerprint density at radius 1 is 1.33 bits per heavy atom. The fourth-order valence-corrected chi connectivity index (χ4v) is 1.70. The molecule has 3 nitrogen and oxygen atoms in total. The van der Waals surface area contributed by atoms with Crippen LogP contribution in [0.3, 0.4) is 0 Å². The van der Waals surface area contributed by atoms with Crippen LogP contribution in [0, 0.1) is 11.6 Å². The zero-order valence-corrected chi connectivity index (χ0v) is 8.45. The molecular weight excluding hydrogens is 233 g/mol. The second-order valence-electron chi connectivity index (χ2n) is 2.75. The lowest BCUT2D eigenvalue weighted by Crippen LogP contribution is -2.03. The number of methoxy groups -OCH3 is 1. The van der Waals surface area contributed by atoms with Crippen molar-refractivity contribution in [2.75, 3.05) is 7.11 Å². The summed E-state index contributed by atoms with van der Waals surface area (Å²) in [6.45, 7) is 0. The number of rotatable bonds is 3. The van der Waals surface area contributed by atoms with Crippen molar-refractivity contribution in [3.8, 4) is 5.75 Å². The third kappa shape index (κ3) is 3.12. The molecule has 0 spiro atoms. The molecular formula is C8H7F3O3S. The minimum Gasteiger partial charge on any atom is -0.496 e. The van der Waals surface area contributed by atoms with Crippen molar-refractivity contribution >= 4 is 10.2 Å². The van der Waals surface area contributed by atoms with Gasteiger partial charge in [-0.1, -0.05) is 0 Å². The summed E-state index contributed by atoms with van der Waals surface area (Å²) < 4.78 is 63.3. The van der Waals surface area contributed by atoms with Crippen LogP contribution in [0.1, 0.15) is 5.56 Å². The lowest BCUT2D eigenvalue weighted by atomic mass is 10.2. The van der Waals surface area contributed by atoms with E-state index in [1.54, 1.807) is 0 Å². The molecule has 0 saturated heterocycles. The molecule has 0 aromatic heterocycles. The van der Waals surface area contributed by atoms with E-state index in [1.165, 1.54) is 0 Å². The van der Waals surface area contributed by atoms with Crippen molar-refractivity contribution in [3.63, 3.8) is 0 Å². The molecule has 0 N–H and O–H groups in total. The number of hydrogen-bond donors (Lipinski definition) is 0. The Kier molecular flexibility index (Phi) is 3.23. The highest BCUT2D eigenvalue weighted by Gasteiger charge is 2.19. The van der Waals surface area contributed by atoms with Crippen molar-refractivity contribution in [2.45, 2.75) is 5.75 Å². The van der Waals surface area contributed by atoms with Gasteiger partial charge in [-0.25, -0.2) is 8.78 Å². The van der Waals surface area contributed by atoms with Gasteiger partial charge in [-0.05, 0) is 0 Å². The number of hydrogen-bond acceptors (Lipinski definition) is 3. The van der Waals surface area contributed by atoms with Crippen LogP contribution >= 0.6 is 0 Å².